The number of unbranched alkanes of at least 4 members (excludes halogenated alkanes) is 19. The van der Waals surface area contributed by atoms with E-state index in [4.69, 9.17) is 0 Å². The average molecular weight is 463 g/mol. The van der Waals surface area contributed by atoms with Gasteiger partial charge in [0, 0.05) is 25.0 Å². The van der Waals surface area contributed by atoms with Crippen molar-refractivity contribution in [2.45, 2.75) is 167 Å². The van der Waals surface area contributed by atoms with Gasteiger partial charge in [0.1, 0.15) is 0 Å². The molecule has 1 heterocycles. The molecule has 0 aromatic carbocycles. The third-order valence-electron chi connectivity index (χ3n) is 7.26. The summed E-state index contributed by atoms with van der Waals surface area (Å²) >= 11 is 0. The van der Waals surface area contributed by atoms with Gasteiger partial charge in [0.15, 0.2) is 12.4 Å². The summed E-state index contributed by atoms with van der Waals surface area (Å²) in [6, 6.07) is 5.91. The maximum absolute atomic E-state index is 16.0. The van der Waals surface area contributed by atoms with Crippen molar-refractivity contribution < 1.29 is 8.96 Å². The summed E-state index contributed by atoms with van der Waals surface area (Å²) in [5, 5.41) is 0. The molecule has 0 N–H and O–H groups in total. The summed E-state index contributed by atoms with van der Waals surface area (Å²) in [6.07, 6.45) is 32.7. The van der Waals surface area contributed by atoms with Crippen LogP contribution in [0.5, 0.6) is 0 Å². The van der Waals surface area contributed by atoms with Crippen LogP contribution in [0.2, 0.25) is 0 Å². The number of alkyl halides is 1. The lowest BCUT2D eigenvalue weighted by molar-refractivity contribution is -0.795. The number of aromatic nitrogens is 1. The number of halogens is 1. The average Bonchev–Trinajstić information content (AvgIpc) is 2.84. The Kier molecular flexibility index (Phi) is 19.7. The van der Waals surface area contributed by atoms with Gasteiger partial charge in [0.05, 0.1) is 0 Å². The van der Waals surface area contributed by atoms with Gasteiger partial charge in [-0.05, 0) is 12.8 Å². The van der Waals surface area contributed by atoms with Gasteiger partial charge in [-0.3, -0.25) is 0 Å². The molecule has 1 rings (SSSR count). The molecular weight excluding hydrogens is 405 g/mol. The van der Waals surface area contributed by atoms with E-state index in [2.05, 4.69) is 13.8 Å². The van der Waals surface area contributed by atoms with E-state index in [0.29, 0.717) is 12.8 Å². The lowest BCUT2D eigenvalue weighted by Crippen LogP contribution is -2.52. The van der Waals surface area contributed by atoms with E-state index in [9.17, 15) is 0 Å². The second-order valence-corrected chi connectivity index (χ2v) is 10.4. The molecule has 192 valence electrons. The first kappa shape index (κ1) is 30.1. The second-order valence-electron chi connectivity index (χ2n) is 10.4. The molecule has 1 aromatic heterocycles. The molecule has 1 nitrogen and oxygen atoms in total. The monoisotopic (exact) mass is 462 g/mol. The number of pyridine rings is 1. The van der Waals surface area contributed by atoms with Gasteiger partial charge >= 0.3 is 5.79 Å². The molecule has 0 spiro atoms. The summed E-state index contributed by atoms with van der Waals surface area (Å²) in [7, 11) is 0. The third kappa shape index (κ3) is 16.4. The normalized spacial score (nSPS) is 13.3. The maximum atomic E-state index is 16.0. The zero-order chi connectivity index (χ0) is 23.9. The van der Waals surface area contributed by atoms with Crippen molar-refractivity contribution in [3.05, 3.63) is 30.6 Å². The van der Waals surface area contributed by atoms with Gasteiger partial charge in [0.2, 0.25) is 0 Å². The molecule has 0 aliphatic rings. The predicted molar refractivity (Wildman–Crippen MR) is 143 cm³/mol. The van der Waals surface area contributed by atoms with Crippen LogP contribution in [0.3, 0.4) is 0 Å². The molecule has 2 heteroatoms. The number of rotatable bonds is 24. The Hall–Kier alpha value is -0.920. The molecule has 0 bridgehead atoms. The van der Waals surface area contributed by atoms with Gasteiger partial charge in [-0.1, -0.05) is 142 Å². The van der Waals surface area contributed by atoms with Crippen molar-refractivity contribution in [2.24, 2.45) is 0 Å². The lowest BCUT2D eigenvalue weighted by atomic mass is 9.97. The fourth-order valence-corrected chi connectivity index (χ4v) is 4.99. The summed E-state index contributed by atoms with van der Waals surface area (Å²) in [6.45, 7) is 4.54. The van der Waals surface area contributed by atoms with Gasteiger partial charge in [-0.15, -0.1) is 0 Å². The molecular formula is C31H57FN+. The van der Waals surface area contributed by atoms with Crippen LogP contribution in [0.25, 0.3) is 0 Å². The summed E-state index contributed by atoms with van der Waals surface area (Å²) in [5.74, 6) is -1.21. The number of nitrogens with zero attached hydrogens (tertiary/aromatic N) is 1. The summed E-state index contributed by atoms with van der Waals surface area (Å²) in [4.78, 5) is 0. The van der Waals surface area contributed by atoms with E-state index in [1.54, 1.807) is 0 Å². The summed E-state index contributed by atoms with van der Waals surface area (Å²) < 4.78 is 17.8. The van der Waals surface area contributed by atoms with Crippen LogP contribution in [0.15, 0.2) is 30.6 Å². The first-order chi connectivity index (χ1) is 16.2. The molecule has 0 saturated carbocycles. The van der Waals surface area contributed by atoms with Crippen LogP contribution in [0.1, 0.15) is 162 Å². The highest BCUT2D eigenvalue weighted by molar-refractivity contribution is 4.84. The van der Waals surface area contributed by atoms with Crippen molar-refractivity contribution >= 4 is 0 Å². The van der Waals surface area contributed by atoms with Crippen molar-refractivity contribution in [3.8, 4) is 0 Å². The van der Waals surface area contributed by atoms with Gasteiger partial charge < -0.3 is 0 Å². The SMILES string of the molecule is CCCCCCCCCCCCCCCCC(F)(CCCCCCCCC)[n+]1ccccc1. The highest BCUT2D eigenvalue weighted by atomic mass is 19.1. The van der Waals surface area contributed by atoms with Gasteiger partial charge in [-0.2, -0.15) is 8.96 Å². The van der Waals surface area contributed by atoms with E-state index in [1.807, 2.05) is 35.2 Å². The Morgan fingerprint density at radius 2 is 0.758 bits per heavy atom. The standard InChI is InChI=1S/C31H57FN/c1-3-5-7-9-11-12-13-14-15-16-17-19-21-24-28-31(32,33-29-25-22-26-30-33)27-23-20-18-10-8-6-4-2/h22,25-26,29-30H,3-21,23-24,27-28H2,1-2H3/q+1. The zero-order valence-electron chi connectivity index (χ0n) is 22.5. The Labute approximate surface area is 207 Å². The van der Waals surface area contributed by atoms with E-state index in [0.717, 1.165) is 12.8 Å². The minimum absolute atomic E-state index is 0.661. The van der Waals surface area contributed by atoms with E-state index in [-0.39, 0.29) is 0 Å². The van der Waals surface area contributed by atoms with E-state index < -0.39 is 5.79 Å². The molecule has 0 aliphatic heterocycles. The van der Waals surface area contributed by atoms with Crippen LogP contribution in [0, 0.1) is 0 Å². The van der Waals surface area contributed by atoms with Crippen molar-refractivity contribution in [2.75, 3.05) is 0 Å². The number of hydrogen-bond acceptors (Lipinski definition) is 0. The molecule has 0 saturated heterocycles. The van der Waals surface area contributed by atoms with Crippen LogP contribution in [0.4, 0.5) is 4.39 Å². The molecule has 0 amide bonds. The Morgan fingerprint density at radius 3 is 1.09 bits per heavy atom. The molecule has 1 atom stereocenters. The van der Waals surface area contributed by atoms with Gasteiger partial charge in [-0.25, -0.2) is 0 Å². The van der Waals surface area contributed by atoms with Crippen molar-refractivity contribution in [3.63, 3.8) is 0 Å². The topological polar surface area (TPSA) is 3.88 Å². The fraction of sp³-hybridized carbons (Fsp3) is 0.839. The molecule has 0 fully saturated rings. The molecule has 1 aromatic rings. The first-order valence-corrected chi connectivity index (χ1v) is 14.9. The van der Waals surface area contributed by atoms with Crippen LogP contribution >= 0.6 is 0 Å². The largest absolute Gasteiger partial charge is 0.308 e. The van der Waals surface area contributed by atoms with Crippen LogP contribution in [-0.2, 0) is 5.79 Å². The fourth-order valence-electron chi connectivity index (χ4n) is 4.99. The Morgan fingerprint density at radius 1 is 0.455 bits per heavy atom. The van der Waals surface area contributed by atoms with Gasteiger partial charge in [0.25, 0.3) is 0 Å². The molecule has 33 heavy (non-hydrogen) atoms. The Bertz CT molecular complexity index is 517. The first-order valence-electron chi connectivity index (χ1n) is 14.9. The second kappa shape index (κ2) is 21.6. The predicted octanol–water partition coefficient (Wildman–Crippen LogP) is 10.6. The van der Waals surface area contributed by atoms with Crippen LogP contribution in [-0.4, -0.2) is 0 Å². The quantitative estimate of drug-likeness (QED) is 0.106. The summed E-state index contributed by atoms with van der Waals surface area (Å²) in [5.41, 5.74) is 0. The lowest BCUT2D eigenvalue weighted by Gasteiger charge is -2.20. The molecule has 0 radical (unpaired) electrons. The highest BCUT2D eigenvalue weighted by Crippen LogP contribution is 2.27. The zero-order valence-corrected chi connectivity index (χ0v) is 22.5. The third-order valence-corrected chi connectivity index (χ3v) is 7.26. The smallest absolute Gasteiger partial charge is 0.172 e. The minimum Gasteiger partial charge on any atom is -0.172 e. The maximum Gasteiger partial charge on any atom is 0.308 e. The number of hydrogen-bond donors (Lipinski definition) is 0. The van der Waals surface area contributed by atoms with Crippen LogP contribution < -0.4 is 4.57 Å². The van der Waals surface area contributed by atoms with Crippen molar-refractivity contribution in [1.29, 1.82) is 0 Å². The van der Waals surface area contributed by atoms with Crippen molar-refractivity contribution in [1.82, 2.24) is 0 Å². The highest BCUT2D eigenvalue weighted by Gasteiger charge is 2.38. The molecule has 1 unspecified atom stereocenters. The van der Waals surface area contributed by atoms with E-state index in [1.165, 1.54) is 122 Å². The minimum atomic E-state index is -1.21. The molecule has 0 aliphatic carbocycles. The van der Waals surface area contributed by atoms with E-state index >= 15 is 4.39 Å². The Balaban J connectivity index is 2.13.